The van der Waals surface area contributed by atoms with Gasteiger partial charge in [-0.1, -0.05) is 0 Å². The molecule has 0 spiro atoms. The molecule has 0 aromatic carbocycles. The minimum absolute atomic E-state index is 0.354. The minimum atomic E-state index is -0.537. The lowest BCUT2D eigenvalue weighted by atomic mass is 10.2. The highest BCUT2D eigenvalue weighted by atomic mass is 32.1. The average molecular weight is 251 g/mol. The van der Waals surface area contributed by atoms with E-state index in [-0.39, 0.29) is 6.04 Å². The van der Waals surface area contributed by atoms with E-state index in [2.05, 4.69) is 17.9 Å². The van der Waals surface area contributed by atoms with E-state index >= 15 is 0 Å². The molecule has 0 aliphatic rings. The van der Waals surface area contributed by atoms with E-state index in [1.54, 1.807) is 20.8 Å². The molecule has 1 unspecified atom stereocenters. The summed E-state index contributed by atoms with van der Waals surface area (Å²) in [6, 6.07) is -0.354. The van der Waals surface area contributed by atoms with Crippen molar-refractivity contribution >= 4 is 18.7 Å². The van der Waals surface area contributed by atoms with Crippen LogP contribution in [0.5, 0.6) is 0 Å². The van der Waals surface area contributed by atoms with E-state index in [0.717, 1.165) is 0 Å². The van der Waals surface area contributed by atoms with Gasteiger partial charge in [0.25, 0.3) is 0 Å². The Morgan fingerprint density at radius 3 is 2.12 bits per heavy atom. The summed E-state index contributed by atoms with van der Waals surface area (Å²) in [7, 11) is 3.00. The van der Waals surface area contributed by atoms with Crippen LogP contribution in [0, 0.1) is 0 Å². The molecule has 16 heavy (non-hydrogen) atoms. The van der Waals surface area contributed by atoms with Crippen molar-refractivity contribution in [2.24, 2.45) is 0 Å². The number of carbonyl (C=O) groups excluding carboxylic acids is 1. The highest BCUT2D eigenvalue weighted by Gasteiger charge is 2.24. The first-order valence-electron chi connectivity index (χ1n) is 5.00. The maximum absolute atomic E-state index is 11.5. The zero-order valence-corrected chi connectivity index (χ0v) is 11.3. The maximum Gasteiger partial charge on any atom is 0.408 e. The van der Waals surface area contributed by atoms with Crippen LogP contribution in [0.25, 0.3) is 0 Å². The quantitative estimate of drug-likeness (QED) is 0.573. The number of amides is 1. The molecule has 0 bridgehead atoms. The van der Waals surface area contributed by atoms with Crippen LogP contribution in [0.3, 0.4) is 0 Å². The second kappa shape index (κ2) is 6.98. The second-order valence-corrected chi connectivity index (χ2v) is 4.64. The molecular formula is C10H21NO4S. The number of thiol groups is 1. The maximum atomic E-state index is 11.5. The Labute approximate surface area is 102 Å². The molecule has 5 nitrogen and oxygen atoms in total. The summed E-state index contributed by atoms with van der Waals surface area (Å²) in [5.74, 6) is 0.394. The fraction of sp³-hybridized carbons (Fsp3) is 0.900. The van der Waals surface area contributed by atoms with Crippen LogP contribution in [0.2, 0.25) is 0 Å². The van der Waals surface area contributed by atoms with Gasteiger partial charge in [-0.05, 0) is 20.8 Å². The third-order valence-electron chi connectivity index (χ3n) is 1.69. The molecule has 1 N–H and O–H groups in total. The molecule has 0 aliphatic carbocycles. The first-order chi connectivity index (χ1) is 7.34. The molecule has 0 saturated carbocycles. The van der Waals surface area contributed by atoms with Gasteiger partial charge in [-0.2, -0.15) is 12.6 Å². The van der Waals surface area contributed by atoms with Crippen LogP contribution in [0.15, 0.2) is 0 Å². The molecule has 96 valence electrons. The third kappa shape index (κ3) is 6.19. The number of alkyl carbamates (subject to hydrolysis) is 1. The van der Waals surface area contributed by atoms with Crippen LogP contribution in [-0.2, 0) is 14.2 Å². The summed E-state index contributed by atoms with van der Waals surface area (Å²) >= 11 is 4.12. The molecule has 0 heterocycles. The molecule has 0 saturated heterocycles. The second-order valence-electron chi connectivity index (χ2n) is 4.28. The highest BCUT2D eigenvalue weighted by Crippen LogP contribution is 2.08. The molecule has 0 aliphatic heterocycles. The zero-order chi connectivity index (χ0) is 12.8. The van der Waals surface area contributed by atoms with Crippen molar-refractivity contribution in [1.82, 2.24) is 5.32 Å². The molecule has 1 amide bonds. The Morgan fingerprint density at radius 1 is 1.31 bits per heavy atom. The Bertz CT molecular complexity index is 213. The Hall–Kier alpha value is -0.460. The van der Waals surface area contributed by atoms with Crippen LogP contribution in [0.4, 0.5) is 4.79 Å². The molecule has 0 radical (unpaired) electrons. The van der Waals surface area contributed by atoms with Crippen molar-refractivity contribution in [3.05, 3.63) is 0 Å². The predicted octanol–water partition coefficient (Wildman–Crippen LogP) is 1.43. The summed E-state index contributed by atoms with van der Waals surface area (Å²) < 4.78 is 15.2. The topological polar surface area (TPSA) is 56.8 Å². The summed E-state index contributed by atoms with van der Waals surface area (Å²) in [5, 5.41) is 2.64. The number of methoxy groups -OCH3 is 2. The van der Waals surface area contributed by atoms with Crippen molar-refractivity contribution in [1.29, 1.82) is 0 Å². The minimum Gasteiger partial charge on any atom is -0.444 e. The number of carbonyl (C=O) groups is 1. The van der Waals surface area contributed by atoms with E-state index in [0.29, 0.717) is 5.75 Å². The molecule has 0 aromatic rings. The molecule has 0 aromatic heterocycles. The van der Waals surface area contributed by atoms with Gasteiger partial charge in [0.05, 0.1) is 6.04 Å². The largest absolute Gasteiger partial charge is 0.444 e. The fourth-order valence-corrected chi connectivity index (χ4v) is 1.35. The number of hydrogen-bond acceptors (Lipinski definition) is 5. The zero-order valence-electron chi connectivity index (χ0n) is 10.4. The van der Waals surface area contributed by atoms with Gasteiger partial charge < -0.3 is 19.5 Å². The fourth-order valence-electron chi connectivity index (χ4n) is 1.08. The first kappa shape index (κ1) is 15.5. The molecular weight excluding hydrogens is 230 g/mol. The van der Waals surface area contributed by atoms with E-state index in [1.165, 1.54) is 14.2 Å². The molecule has 0 rings (SSSR count). The number of hydrogen-bond donors (Lipinski definition) is 2. The summed E-state index contributed by atoms with van der Waals surface area (Å²) in [5.41, 5.74) is -0.527. The molecule has 1 atom stereocenters. The summed E-state index contributed by atoms with van der Waals surface area (Å²) in [6.07, 6.45) is -1.05. The number of ether oxygens (including phenoxy) is 3. The lowest BCUT2D eigenvalue weighted by molar-refractivity contribution is -0.118. The van der Waals surface area contributed by atoms with Gasteiger partial charge in [0.1, 0.15) is 5.60 Å². The first-order valence-corrected chi connectivity index (χ1v) is 5.63. The summed E-state index contributed by atoms with van der Waals surface area (Å²) in [6.45, 7) is 5.39. The SMILES string of the molecule is COC(OC)C(CS)NC(=O)OC(C)(C)C. The van der Waals surface area contributed by atoms with Gasteiger partial charge in [-0.25, -0.2) is 4.79 Å². The summed E-state index contributed by atoms with van der Waals surface area (Å²) in [4.78, 5) is 11.5. The van der Waals surface area contributed by atoms with Crippen LogP contribution < -0.4 is 5.32 Å². The Morgan fingerprint density at radius 2 is 1.81 bits per heavy atom. The number of rotatable bonds is 5. The predicted molar refractivity (Wildman–Crippen MR) is 64.8 cm³/mol. The van der Waals surface area contributed by atoms with E-state index < -0.39 is 18.0 Å². The van der Waals surface area contributed by atoms with E-state index in [9.17, 15) is 4.79 Å². The van der Waals surface area contributed by atoms with Gasteiger partial charge in [0, 0.05) is 20.0 Å². The standard InChI is InChI=1S/C10H21NO4S/c1-10(2,3)15-9(12)11-7(6-16)8(13-4)14-5/h7-8,16H,6H2,1-5H3,(H,11,12). The van der Waals surface area contributed by atoms with Gasteiger partial charge >= 0.3 is 6.09 Å². The van der Waals surface area contributed by atoms with Crippen LogP contribution in [-0.4, -0.2) is 44.0 Å². The van der Waals surface area contributed by atoms with Crippen molar-refractivity contribution in [2.45, 2.75) is 38.7 Å². The average Bonchev–Trinajstić information content (AvgIpc) is 2.15. The lowest BCUT2D eigenvalue weighted by Crippen LogP contribution is -2.48. The van der Waals surface area contributed by atoms with E-state index in [1.807, 2.05) is 0 Å². The van der Waals surface area contributed by atoms with Crippen LogP contribution >= 0.6 is 12.6 Å². The third-order valence-corrected chi connectivity index (χ3v) is 2.09. The van der Waals surface area contributed by atoms with Gasteiger partial charge in [0.15, 0.2) is 6.29 Å². The Balaban J connectivity index is 4.26. The Kier molecular flexibility index (Phi) is 6.78. The van der Waals surface area contributed by atoms with Gasteiger partial charge in [-0.15, -0.1) is 0 Å². The van der Waals surface area contributed by atoms with Gasteiger partial charge in [0.2, 0.25) is 0 Å². The van der Waals surface area contributed by atoms with Crippen molar-refractivity contribution in [3.63, 3.8) is 0 Å². The van der Waals surface area contributed by atoms with Gasteiger partial charge in [-0.3, -0.25) is 0 Å². The van der Waals surface area contributed by atoms with Crippen molar-refractivity contribution < 1.29 is 19.0 Å². The highest BCUT2D eigenvalue weighted by molar-refractivity contribution is 7.80. The smallest absolute Gasteiger partial charge is 0.408 e. The normalized spacial score (nSPS) is 13.7. The van der Waals surface area contributed by atoms with E-state index in [4.69, 9.17) is 14.2 Å². The molecule has 0 fully saturated rings. The lowest BCUT2D eigenvalue weighted by Gasteiger charge is -2.26. The number of nitrogens with one attached hydrogen (secondary N) is 1. The molecule has 6 heteroatoms. The van der Waals surface area contributed by atoms with Crippen LogP contribution in [0.1, 0.15) is 20.8 Å². The monoisotopic (exact) mass is 251 g/mol. The van der Waals surface area contributed by atoms with Crippen molar-refractivity contribution in [3.8, 4) is 0 Å². The van der Waals surface area contributed by atoms with Crippen molar-refractivity contribution in [2.75, 3.05) is 20.0 Å².